The van der Waals surface area contributed by atoms with E-state index in [2.05, 4.69) is 10.6 Å². The number of nitrogens with one attached hydrogen (secondary N) is 2. The molecule has 0 saturated carbocycles. The van der Waals surface area contributed by atoms with Gasteiger partial charge in [-0.3, -0.25) is 4.79 Å². The van der Waals surface area contributed by atoms with Gasteiger partial charge in [0.05, 0.1) is 32.6 Å². The Labute approximate surface area is 153 Å². The summed E-state index contributed by atoms with van der Waals surface area (Å²) >= 11 is 0. The van der Waals surface area contributed by atoms with Crippen LogP contribution in [-0.4, -0.2) is 46.3 Å². The first kappa shape index (κ1) is 21.1. The Bertz CT molecular complexity index is 603. The van der Waals surface area contributed by atoms with E-state index in [0.29, 0.717) is 29.5 Å². The molecule has 140 valence electrons. The zero-order chi connectivity index (χ0) is 17.5. The van der Waals surface area contributed by atoms with Crippen molar-refractivity contribution in [2.45, 2.75) is 19.3 Å². The second-order valence-electron chi connectivity index (χ2n) is 5.70. The molecule has 1 saturated heterocycles. The lowest BCUT2D eigenvalue weighted by atomic mass is 10.0. The highest BCUT2D eigenvalue weighted by molar-refractivity contribution is 5.97. The van der Waals surface area contributed by atoms with Crippen molar-refractivity contribution < 1.29 is 23.8 Å². The molecule has 2 N–H and O–H groups in total. The summed E-state index contributed by atoms with van der Waals surface area (Å²) in [5, 5.41) is 6.09. The Kier molecular flexibility index (Phi) is 8.51. The quantitative estimate of drug-likeness (QED) is 0.714. The summed E-state index contributed by atoms with van der Waals surface area (Å²) < 4.78 is 15.3. The van der Waals surface area contributed by atoms with Crippen molar-refractivity contribution >= 4 is 30.0 Å². The fourth-order valence-corrected chi connectivity index (χ4v) is 2.80. The molecule has 1 amide bonds. The van der Waals surface area contributed by atoms with E-state index >= 15 is 0 Å². The van der Waals surface area contributed by atoms with Crippen LogP contribution in [0.4, 0.5) is 5.69 Å². The Balaban J connectivity index is 0.00000312. The van der Waals surface area contributed by atoms with Gasteiger partial charge in [0.25, 0.3) is 0 Å². The fourth-order valence-electron chi connectivity index (χ4n) is 2.80. The Morgan fingerprint density at radius 1 is 1.24 bits per heavy atom. The van der Waals surface area contributed by atoms with Gasteiger partial charge in [0.1, 0.15) is 0 Å². The van der Waals surface area contributed by atoms with Gasteiger partial charge in [-0.25, -0.2) is 4.79 Å². The third kappa shape index (κ3) is 5.51. The maximum Gasteiger partial charge on any atom is 0.338 e. The van der Waals surface area contributed by atoms with E-state index in [1.807, 2.05) is 0 Å². The van der Waals surface area contributed by atoms with Gasteiger partial charge in [-0.15, -0.1) is 12.4 Å². The lowest BCUT2D eigenvalue weighted by Crippen LogP contribution is -2.16. The smallest absolute Gasteiger partial charge is 0.338 e. The van der Waals surface area contributed by atoms with Crippen molar-refractivity contribution in [3.05, 3.63) is 17.7 Å². The van der Waals surface area contributed by atoms with Gasteiger partial charge in [0.15, 0.2) is 11.5 Å². The number of ether oxygens (including phenoxy) is 3. The molecule has 1 fully saturated rings. The SMILES string of the molecule is COC(=O)c1cc(NC(=O)CCC2CCNC2)c(OC)c(OC)c1.Cl. The number of hydrogen-bond donors (Lipinski definition) is 2. The monoisotopic (exact) mass is 372 g/mol. The third-order valence-electron chi connectivity index (χ3n) is 4.12. The topological polar surface area (TPSA) is 85.9 Å². The average Bonchev–Trinajstić information content (AvgIpc) is 3.12. The van der Waals surface area contributed by atoms with E-state index in [1.54, 1.807) is 0 Å². The number of carbonyl (C=O) groups excluding carboxylic acids is 2. The summed E-state index contributed by atoms with van der Waals surface area (Å²) in [5.74, 6) is 0.637. The van der Waals surface area contributed by atoms with Gasteiger partial charge in [-0.1, -0.05) is 0 Å². The van der Waals surface area contributed by atoms with Crippen molar-refractivity contribution in [3.8, 4) is 11.5 Å². The highest BCUT2D eigenvalue weighted by Crippen LogP contribution is 2.37. The Morgan fingerprint density at radius 3 is 2.56 bits per heavy atom. The normalized spacial score (nSPS) is 15.9. The third-order valence-corrected chi connectivity index (χ3v) is 4.12. The summed E-state index contributed by atoms with van der Waals surface area (Å²) in [6.07, 6.45) is 2.34. The van der Waals surface area contributed by atoms with E-state index < -0.39 is 5.97 Å². The summed E-state index contributed by atoms with van der Waals surface area (Å²) in [4.78, 5) is 24.0. The fraction of sp³-hybridized carbons (Fsp3) is 0.529. The molecule has 1 aromatic rings. The molecule has 1 heterocycles. The van der Waals surface area contributed by atoms with Crippen molar-refractivity contribution in [3.63, 3.8) is 0 Å². The molecule has 1 atom stereocenters. The van der Waals surface area contributed by atoms with Crippen LogP contribution in [0.3, 0.4) is 0 Å². The molecule has 0 aliphatic carbocycles. The molecule has 7 nitrogen and oxygen atoms in total. The second-order valence-corrected chi connectivity index (χ2v) is 5.70. The van der Waals surface area contributed by atoms with Gasteiger partial charge in [-0.2, -0.15) is 0 Å². The van der Waals surface area contributed by atoms with Crippen LogP contribution in [0.25, 0.3) is 0 Å². The largest absolute Gasteiger partial charge is 0.493 e. The standard InChI is InChI=1S/C17H24N2O5.ClH/c1-22-14-9-12(17(21)24-3)8-13(16(14)23-2)19-15(20)5-4-11-6-7-18-10-11;/h8-9,11,18H,4-7,10H2,1-3H3,(H,19,20);1H. The molecular formula is C17H25ClN2O5. The molecule has 1 aliphatic heterocycles. The van der Waals surface area contributed by atoms with Crippen molar-refractivity contribution in [2.75, 3.05) is 39.7 Å². The van der Waals surface area contributed by atoms with Gasteiger partial charge in [0, 0.05) is 6.42 Å². The Hall–Kier alpha value is -1.99. The minimum absolute atomic E-state index is 0. The number of methoxy groups -OCH3 is 3. The molecule has 25 heavy (non-hydrogen) atoms. The van der Waals surface area contributed by atoms with Gasteiger partial charge in [-0.05, 0) is 44.0 Å². The highest BCUT2D eigenvalue weighted by Gasteiger charge is 2.20. The van der Waals surface area contributed by atoms with Gasteiger partial charge >= 0.3 is 5.97 Å². The van der Waals surface area contributed by atoms with Crippen LogP contribution >= 0.6 is 12.4 Å². The van der Waals surface area contributed by atoms with E-state index in [1.165, 1.54) is 33.5 Å². The predicted octanol–water partition coefficient (Wildman–Crippen LogP) is 2.24. The number of benzene rings is 1. The molecule has 1 aromatic carbocycles. The molecule has 0 radical (unpaired) electrons. The van der Waals surface area contributed by atoms with Crippen LogP contribution in [0.2, 0.25) is 0 Å². The number of anilines is 1. The number of rotatable bonds is 7. The van der Waals surface area contributed by atoms with Crippen molar-refractivity contribution in [2.24, 2.45) is 5.92 Å². The second kappa shape index (κ2) is 10.1. The molecule has 0 spiro atoms. The van der Waals surface area contributed by atoms with Gasteiger partial charge < -0.3 is 24.8 Å². The van der Waals surface area contributed by atoms with Crippen LogP contribution in [0.1, 0.15) is 29.6 Å². The van der Waals surface area contributed by atoms with Crippen LogP contribution in [0.5, 0.6) is 11.5 Å². The summed E-state index contributed by atoms with van der Waals surface area (Å²) in [6.45, 7) is 1.97. The lowest BCUT2D eigenvalue weighted by molar-refractivity contribution is -0.116. The number of carbonyl (C=O) groups is 2. The summed E-state index contributed by atoms with van der Waals surface area (Å²) in [7, 11) is 4.25. The minimum atomic E-state index is -0.511. The predicted molar refractivity (Wildman–Crippen MR) is 97.0 cm³/mol. The lowest BCUT2D eigenvalue weighted by Gasteiger charge is -2.15. The van der Waals surface area contributed by atoms with Crippen molar-refractivity contribution in [1.82, 2.24) is 5.32 Å². The van der Waals surface area contributed by atoms with Gasteiger partial charge in [0.2, 0.25) is 5.91 Å². The molecule has 1 unspecified atom stereocenters. The first-order valence-electron chi connectivity index (χ1n) is 7.94. The number of halogens is 1. The molecule has 0 aromatic heterocycles. The molecule has 1 aliphatic rings. The molecular weight excluding hydrogens is 348 g/mol. The van der Waals surface area contributed by atoms with E-state index in [4.69, 9.17) is 14.2 Å². The number of esters is 1. The van der Waals surface area contributed by atoms with E-state index in [0.717, 1.165) is 25.9 Å². The van der Waals surface area contributed by atoms with Crippen LogP contribution < -0.4 is 20.1 Å². The number of amides is 1. The highest BCUT2D eigenvalue weighted by atomic mass is 35.5. The molecule has 8 heteroatoms. The maximum absolute atomic E-state index is 12.2. The number of hydrogen-bond acceptors (Lipinski definition) is 6. The zero-order valence-electron chi connectivity index (χ0n) is 14.7. The maximum atomic E-state index is 12.2. The Morgan fingerprint density at radius 2 is 2.00 bits per heavy atom. The van der Waals surface area contributed by atoms with Crippen molar-refractivity contribution in [1.29, 1.82) is 0 Å². The van der Waals surface area contributed by atoms with E-state index in [9.17, 15) is 9.59 Å². The summed E-state index contributed by atoms with van der Waals surface area (Å²) in [6, 6.07) is 3.05. The van der Waals surface area contributed by atoms with Crippen LogP contribution in [-0.2, 0) is 9.53 Å². The minimum Gasteiger partial charge on any atom is -0.493 e. The molecule has 0 bridgehead atoms. The van der Waals surface area contributed by atoms with E-state index in [-0.39, 0.29) is 23.9 Å². The average molecular weight is 373 g/mol. The first-order valence-corrected chi connectivity index (χ1v) is 7.94. The van der Waals surface area contributed by atoms with Crippen LogP contribution in [0.15, 0.2) is 12.1 Å². The zero-order valence-corrected chi connectivity index (χ0v) is 15.5. The molecule has 2 rings (SSSR count). The first-order chi connectivity index (χ1) is 11.6. The summed E-state index contributed by atoms with van der Waals surface area (Å²) in [5.41, 5.74) is 0.678. The van der Waals surface area contributed by atoms with Crippen LogP contribution in [0, 0.1) is 5.92 Å².